The number of nitrogens with two attached hydrogens (primary N) is 1. The SMILES string of the molecule is CC(OC(=O)c1cccc(Cl)c1N)C(=O)Nc1ncnc2nc[nH]c12. The van der Waals surface area contributed by atoms with Crippen LogP contribution in [0.5, 0.6) is 0 Å². The van der Waals surface area contributed by atoms with Crippen LogP contribution in [0.25, 0.3) is 11.2 Å². The molecule has 4 N–H and O–H groups in total. The van der Waals surface area contributed by atoms with Gasteiger partial charge in [-0.1, -0.05) is 17.7 Å². The van der Waals surface area contributed by atoms with E-state index in [1.165, 1.54) is 25.6 Å². The van der Waals surface area contributed by atoms with E-state index in [1.807, 2.05) is 0 Å². The second-order valence-electron chi connectivity index (χ2n) is 5.06. The molecule has 10 heteroatoms. The Balaban J connectivity index is 1.71. The summed E-state index contributed by atoms with van der Waals surface area (Å²) in [5.41, 5.74) is 6.80. The molecule has 0 radical (unpaired) electrons. The maximum Gasteiger partial charge on any atom is 0.341 e. The number of halogens is 1. The summed E-state index contributed by atoms with van der Waals surface area (Å²) in [5.74, 6) is -1.08. The van der Waals surface area contributed by atoms with Crippen molar-refractivity contribution in [3.63, 3.8) is 0 Å². The quantitative estimate of drug-likeness (QED) is 0.476. The number of amides is 1. The van der Waals surface area contributed by atoms with E-state index >= 15 is 0 Å². The number of carbonyl (C=O) groups excluding carboxylic acids is 2. The van der Waals surface area contributed by atoms with Crippen LogP contribution in [-0.2, 0) is 9.53 Å². The minimum absolute atomic E-state index is 0.0881. The largest absolute Gasteiger partial charge is 0.449 e. The van der Waals surface area contributed by atoms with Gasteiger partial charge in [-0.25, -0.2) is 19.7 Å². The van der Waals surface area contributed by atoms with Gasteiger partial charge in [0.05, 0.1) is 22.6 Å². The molecule has 2 heterocycles. The zero-order chi connectivity index (χ0) is 18.0. The molecular weight excluding hydrogens is 348 g/mol. The van der Waals surface area contributed by atoms with Crippen molar-refractivity contribution in [1.29, 1.82) is 0 Å². The lowest BCUT2D eigenvalue weighted by molar-refractivity contribution is -0.123. The van der Waals surface area contributed by atoms with Crippen molar-refractivity contribution in [3.05, 3.63) is 41.4 Å². The number of nitrogens with zero attached hydrogens (tertiary/aromatic N) is 3. The highest BCUT2D eigenvalue weighted by Gasteiger charge is 2.22. The second kappa shape index (κ2) is 6.73. The molecule has 128 valence electrons. The van der Waals surface area contributed by atoms with Crippen LogP contribution in [0, 0.1) is 0 Å². The Morgan fingerprint density at radius 2 is 2.12 bits per heavy atom. The van der Waals surface area contributed by atoms with Gasteiger partial charge in [-0.05, 0) is 19.1 Å². The van der Waals surface area contributed by atoms with Gasteiger partial charge in [0.25, 0.3) is 5.91 Å². The van der Waals surface area contributed by atoms with Crippen LogP contribution in [0.15, 0.2) is 30.9 Å². The maximum atomic E-state index is 12.3. The van der Waals surface area contributed by atoms with Crippen molar-refractivity contribution in [3.8, 4) is 0 Å². The van der Waals surface area contributed by atoms with Crippen LogP contribution in [0.4, 0.5) is 11.5 Å². The summed E-state index contributed by atoms with van der Waals surface area (Å²) < 4.78 is 5.14. The van der Waals surface area contributed by atoms with Gasteiger partial charge in [0.2, 0.25) is 0 Å². The topological polar surface area (TPSA) is 136 Å². The van der Waals surface area contributed by atoms with Crippen molar-refractivity contribution < 1.29 is 14.3 Å². The van der Waals surface area contributed by atoms with Gasteiger partial charge in [-0.3, -0.25) is 4.79 Å². The van der Waals surface area contributed by atoms with Crippen molar-refractivity contribution in [1.82, 2.24) is 19.9 Å². The Morgan fingerprint density at radius 1 is 1.32 bits per heavy atom. The van der Waals surface area contributed by atoms with Crippen LogP contribution in [0.1, 0.15) is 17.3 Å². The third-order valence-electron chi connectivity index (χ3n) is 3.39. The van der Waals surface area contributed by atoms with Crippen LogP contribution in [0.3, 0.4) is 0 Å². The molecule has 0 bridgehead atoms. The molecule has 9 nitrogen and oxygen atoms in total. The standard InChI is InChI=1S/C15H13ClN6O3/c1-7(25-15(24)8-3-2-4-9(16)10(8)17)14(23)22-13-11-12(19-5-18-11)20-6-21-13/h2-7H,17H2,1H3,(H2,18,19,20,21,22,23). The molecule has 25 heavy (non-hydrogen) atoms. The van der Waals surface area contributed by atoms with Crippen molar-refractivity contribution in [2.45, 2.75) is 13.0 Å². The monoisotopic (exact) mass is 360 g/mol. The van der Waals surface area contributed by atoms with Crippen molar-refractivity contribution in [2.75, 3.05) is 11.1 Å². The van der Waals surface area contributed by atoms with Gasteiger partial charge < -0.3 is 20.8 Å². The Hall–Kier alpha value is -3.20. The summed E-state index contributed by atoms with van der Waals surface area (Å²) in [6.07, 6.45) is 1.61. The number of hydrogen-bond donors (Lipinski definition) is 3. The number of fused-ring (bicyclic) bond motifs is 1. The highest BCUT2D eigenvalue weighted by molar-refractivity contribution is 6.33. The Bertz CT molecular complexity index is 957. The minimum Gasteiger partial charge on any atom is -0.449 e. The molecule has 0 aliphatic carbocycles. The molecule has 0 saturated carbocycles. The van der Waals surface area contributed by atoms with Crippen LogP contribution in [0.2, 0.25) is 5.02 Å². The number of hydrogen-bond acceptors (Lipinski definition) is 7. The molecule has 3 rings (SSSR count). The number of esters is 1. The molecule has 3 aromatic rings. The van der Waals surface area contributed by atoms with Crippen LogP contribution in [-0.4, -0.2) is 37.9 Å². The maximum absolute atomic E-state index is 12.3. The smallest absolute Gasteiger partial charge is 0.341 e. The lowest BCUT2D eigenvalue weighted by Gasteiger charge is -2.14. The first-order valence-electron chi connectivity index (χ1n) is 7.17. The first-order valence-corrected chi connectivity index (χ1v) is 7.55. The van der Waals surface area contributed by atoms with Gasteiger partial charge in [-0.2, -0.15) is 0 Å². The lowest BCUT2D eigenvalue weighted by atomic mass is 10.2. The van der Waals surface area contributed by atoms with Gasteiger partial charge >= 0.3 is 5.97 Å². The molecule has 1 atom stereocenters. The van der Waals surface area contributed by atoms with Crippen LogP contribution >= 0.6 is 11.6 Å². The average molecular weight is 361 g/mol. The third kappa shape index (κ3) is 3.36. The van der Waals surface area contributed by atoms with E-state index in [9.17, 15) is 9.59 Å². The zero-order valence-corrected chi connectivity index (χ0v) is 13.7. The molecule has 0 aliphatic heterocycles. The normalized spacial score (nSPS) is 11.9. The Labute approximate surface area is 146 Å². The predicted molar refractivity (Wildman–Crippen MR) is 91.1 cm³/mol. The number of aromatic nitrogens is 4. The summed E-state index contributed by atoms with van der Waals surface area (Å²) in [6.45, 7) is 1.43. The van der Waals surface area contributed by atoms with Crippen molar-refractivity contribution in [2.24, 2.45) is 0 Å². The number of aromatic amines is 1. The summed E-state index contributed by atoms with van der Waals surface area (Å²) >= 11 is 5.87. The van der Waals surface area contributed by atoms with E-state index in [0.29, 0.717) is 11.2 Å². The molecule has 0 fully saturated rings. The molecule has 1 amide bonds. The first-order chi connectivity index (χ1) is 12.0. The Kier molecular flexibility index (Phi) is 4.48. The molecule has 0 spiro atoms. The molecule has 1 aromatic carbocycles. The molecule has 1 unspecified atom stereocenters. The number of anilines is 2. The second-order valence-corrected chi connectivity index (χ2v) is 5.47. The minimum atomic E-state index is -1.08. The van der Waals surface area contributed by atoms with E-state index in [1.54, 1.807) is 12.1 Å². The molecule has 2 aromatic heterocycles. The lowest BCUT2D eigenvalue weighted by Crippen LogP contribution is -2.30. The fourth-order valence-electron chi connectivity index (χ4n) is 2.07. The number of rotatable bonds is 4. The highest BCUT2D eigenvalue weighted by Crippen LogP contribution is 2.23. The summed E-state index contributed by atoms with van der Waals surface area (Å²) in [5, 5.41) is 2.79. The van der Waals surface area contributed by atoms with Gasteiger partial charge in [-0.15, -0.1) is 0 Å². The van der Waals surface area contributed by atoms with Gasteiger partial charge in [0, 0.05) is 0 Å². The predicted octanol–water partition coefficient (Wildman–Crippen LogP) is 1.77. The first kappa shape index (κ1) is 16.7. The highest BCUT2D eigenvalue weighted by atomic mass is 35.5. The number of nitrogens with one attached hydrogen (secondary N) is 2. The molecule has 0 aliphatic rings. The van der Waals surface area contributed by atoms with E-state index in [-0.39, 0.29) is 22.1 Å². The van der Waals surface area contributed by atoms with Gasteiger partial charge in [0.15, 0.2) is 17.6 Å². The average Bonchev–Trinajstić information content (AvgIpc) is 3.06. The van der Waals surface area contributed by atoms with Crippen LogP contribution < -0.4 is 11.1 Å². The number of benzene rings is 1. The van der Waals surface area contributed by atoms with Crippen molar-refractivity contribution >= 4 is 46.1 Å². The molecular formula is C15H13ClN6O3. The molecule has 0 saturated heterocycles. The fraction of sp³-hybridized carbons (Fsp3) is 0.133. The number of H-pyrrole nitrogens is 1. The number of carbonyl (C=O) groups is 2. The number of imidazole rings is 1. The summed E-state index contributed by atoms with van der Waals surface area (Å²) in [7, 11) is 0. The summed E-state index contributed by atoms with van der Waals surface area (Å²) in [6, 6.07) is 4.58. The van der Waals surface area contributed by atoms with E-state index < -0.39 is 18.0 Å². The number of para-hydroxylation sites is 1. The summed E-state index contributed by atoms with van der Waals surface area (Å²) in [4.78, 5) is 39.1. The number of ether oxygens (including phenoxy) is 1. The van der Waals surface area contributed by atoms with E-state index in [4.69, 9.17) is 22.1 Å². The fourth-order valence-corrected chi connectivity index (χ4v) is 2.25. The third-order valence-corrected chi connectivity index (χ3v) is 3.72. The zero-order valence-electron chi connectivity index (χ0n) is 13.0. The van der Waals surface area contributed by atoms with Gasteiger partial charge in [0.1, 0.15) is 11.8 Å². The Morgan fingerprint density at radius 3 is 2.92 bits per heavy atom. The number of nitrogen functional groups attached to an aromatic ring is 1. The van der Waals surface area contributed by atoms with E-state index in [0.717, 1.165) is 0 Å². The van der Waals surface area contributed by atoms with E-state index in [2.05, 4.69) is 25.3 Å².